The molecule has 1 N–H and O–H groups in total. The predicted octanol–water partition coefficient (Wildman–Crippen LogP) is 4.85. The third-order valence-electron chi connectivity index (χ3n) is 3.24. The van der Waals surface area contributed by atoms with Crippen molar-refractivity contribution < 1.29 is 4.79 Å². The average molecular weight is 340 g/mol. The van der Waals surface area contributed by atoms with Crippen LogP contribution >= 0.6 is 23.1 Å². The highest BCUT2D eigenvalue weighted by molar-refractivity contribution is 8.00. The Morgan fingerprint density at radius 2 is 1.87 bits per heavy atom. The van der Waals surface area contributed by atoms with E-state index in [0.717, 1.165) is 21.2 Å². The van der Waals surface area contributed by atoms with Crippen molar-refractivity contribution in [2.24, 2.45) is 0 Å². The molecule has 0 fully saturated rings. The molecule has 0 aliphatic carbocycles. The van der Waals surface area contributed by atoms with Crippen LogP contribution in [0, 0.1) is 6.92 Å². The molecule has 0 atom stereocenters. The van der Waals surface area contributed by atoms with Crippen LogP contribution in [-0.2, 0) is 4.79 Å². The van der Waals surface area contributed by atoms with Gasteiger partial charge >= 0.3 is 0 Å². The number of thioether (sulfide) groups is 1. The fraction of sp³-hybridized carbons (Fsp3) is 0.111. The minimum atomic E-state index is -0.00225. The molecule has 1 heterocycles. The molecule has 1 aromatic heterocycles. The molecule has 0 bridgehead atoms. The normalized spacial score (nSPS) is 10.5. The number of hydrogen-bond acceptors (Lipinski definition) is 4. The van der Waals surface area contributed by atoms with Gasteiger partial charge in [0.05, 0.1) is 5.75 Å². The van der Waals surface area contributed by atoms with Crippen molar-refractivity contribution in [3.8, 4) is 10.6 Å². The van der Waals surface area contributed by atoms with E-state index in [1.165, 1.54) is 17.3 Å². The van der Waals surface area contributed by atoms with Crippen molar-refractivity contribution >= 4 is 34.7 Å². The van der Waals surface area contributed by atoms with Crippen LogP contribution in [0.5, 0.6) is 0 Å². The molecule has 5 heteroatoms. The first-order valence-electron chi connectivity index (χ1n) is 7.20. The lowest BCUT2D eigenvalue weighted by atomic mass is 10.2. The van der Waals surface area contributed by atoms with Crippen LogP contribution in [-0.4, -0.2) is 16.6 Å². The van der Waals surface area contributed by atoms with E-state index in [2.05, 4.69) is 29.4 Å². The van der Waals surface area contributed by atoms with Gasteiger partial charge in [-0.15, -0.1) is 23.1 Å². The third kappa shape index (κ3) is 4.43. The summed E-state index contributed by atoms with van der Waals surface area (Å²) in [5.74, 6) is 0.398. The quantitative estimate of drug-likeness (QED) is 0.675. The standard InChI is InChI=1S/C18H16N2OS2/c1-13-2-8-16(9-3-13)23-12-17(21)20-15-6-4-14(5-7-15)18-19-10-11-22-18/h2-11H,12H2,1H3,(H,20,21). The lowest BCUT2D eigenvalue weighted by Gasteiger charge is -2.06. The molecule has 0 spiro atoms. The van der Waals surface area contributed by atoms with Crippen LogP contribution in [0.1, 0.15) is 5.56 Å². The molecule has 3 nitrogen and oxygen atoms in total. The van der Waals surface area contributed by atoms with E-state index in [0.29, 0.717) is 5.75 Å². The summed E-state index contributed by atoms with van der Waals surface area (Å²) in [5, 5.41) is 5.86. The van der Waals surface area contributed by atoms with E-state index in [-0.39, 0.29) is 5.91 Å². The SMILES string of the molecule is Cc1ccc(SCC(=O)Nc2ccc(-c3nccs3)cc2)cc1. The highest BCUT2D eigenvalue weighted by Gasteiger charge is 2.05. The summed E-state index contributed by atoms with van der Waals surface area (Å²) in [6.45, 7) is 2.05. The molecule has 0 saturated carbocycles. The summed E-state index contributed by atoms with van der Waals surface area (Å²) in [5.41, 5.74) is 3.09. The molecule has 3 rings (SSSR count). The molecule has 0 saturated heterocycles. The van der Waals surface area contributed by atoms with Crippen LogP contribution in [0.4, 0.5) is 5.69 Å². The van der Waals surface area contributed by atoms with Gasteiger partial charge in [0.15, 0.2) is 0 Å². The molecular weight excluding hydrogens is 324 g/mol. The highest BCUT2D eigenvalue weighted by Crippen LogP contribution is 2.23. The Morgan fingerprint density at radius 1 is 1.13 bits per heavy atom. The van der Waals surface area contributed by atoms with Gasteiger partial charge in [-0.25, -0.2) is 4.98 Å². The maximum atomic E-state index is 12.0. The molecule has 0 aliphatic rings. The molecule has 23 heavy (non-hydrogen) atoms. The number of carbonyl (C=O) groups is 1. The summed E-state index contributed by atoms with van der Waals surface area (Å²) < 4.78 is 0. The topological polar surface area (TPSA) is 42.0 Å². The van der Waals surface area contributed by atoms with E-state index < -0.39 is 0 Å². The molecule has 0 radical (unpaired) electrons. The summed E-state index contributed by atoms with van der Waals surface area (Å²) in [6, 6.07) is 15.9. The first-order chi connectivity index (χ1) is 11.2. The lowest BCUT2D eigenvalue weighted by Crippen LogP contribution is -2.13. The minimum Gasteiger partial charge on any atom is -0.325 e. The van der Waals surface area contributed by atoms with Crippen LogP contribution in [0.15, 0.2) is 65.0 Å². The van der Waals surface area contributed by atoms with Crippen LogP contribution in [0.3, 0.4) is 0 Å². The molecule has 1 amide bonds. The molecule has 0 aliphatic heterocycles. The fourth-order valence-corrected chi connectivity index (χ4v) is 3.39. The second kappa shape index (κ2) is 7.44. The summed E-state index contributed by atoms with van der Waals surface area (Å²) in [6.07, 6.45) is 1.79. The predicted molar refractivity (Wildman–Crippen MR) is 98.1 cm³/mol. The van der Waals surface area contributed by atoms with Crippen molar-refractivity contribution in [2.45, 2.75) is 11.8 Å². The number of anilines is 1. The third-order valence-corrected chi connectivity index (χ3v) is 5.07. The zero-order chi connectivity index (χ0) is 16.1. The van der Waals surface area contributed by atoms with Gasteiger partial charge in [-0.1, -0.05) is 17.7 Å². The number of rotatable bonds is 5. The van der Waals surface area contributed by atoms with Crippen molar-refractivity contribution in [1.82, 2.24) is 4.98 Å². The molecule has 0 unspecified atom stereocenters. The number of carbonyl (C=O) groups excluding carboxylic acids is 1. The monoisotopic (exact) mass is 340 g/mol. The van der Waals surface area contributed by atoms with Gasteiger partial charge in [-0.2, -0.15) is 0 Å². The Morgan fingerprint density at radius 3 is 2.52 bits per heavy atom. The molecule has 2 aromatic carbocycles. The minimum absolute atomic E-state index is 0.00225. The van der Waals surface area contributed by atoms with Crippen molar-refractivity contribution in [3.05, 3.63) is 65.7 Å². The number of aromatic nitrogens is 1. The number of thiazole rings is 1. The van der Waals surface area contributed by atoms with Gasteiger partial charge in [0.25, 0.3) is 0 Å². The summed E-state index contributed by atoms with van der Waals surface area (Å²) in [7, 11) is 0. The van der Waals surface area contributed by atoms with Crippen molar-refractivity contribution in [1.29, 1.82) is 0 Å². The van der Waals surface area contributed by atoms with Crippen LogP contribution < -0.4 is 5.32 Å². The average Bonchev–Trinajstić information content (AvgIpc) is 3.09. The Balaban J connectivity index is 1.54. The van der Waals surface area contributed by atoms with E-state index >= 15 is 0 Å². The smallest absolute Gasteiger partial charge is 0.234 e. The first-order valence-corrected chi connectivity index (χ1v) is 9.06. The van der Waals surface area contributed by atoms with Gasteiger partial charge in [-0.05, 0) is 43.3 Å². The number of aryl methyl sites for hydroxylation is 1. The van der Waals surface area contributed by atoms with Crippen molar-refractivity contribution in [3.63, 3.8) is 0 Å². The van der Waals surface area contributed by atoms with Crippen molar-refractivity contribution in [2.75, 3.05) is 11.1 Å². The number of amides is 1. The lowest BCUT2D eigenvalue weighted by molar-refractivity contribution is -0.113. The van der Waals surface area contributed by atoms with Gasteiger partial charge in [0, 0.05) is 27.7 Å². The second-order valence-electron chi connectivity index (χ2n) is 5.06. The van der Waals surface area contributed by atoms with Crippen LogP contribution in [0.25, 0.3) is 10.6 Å². The van der Waals surface area contributed by atoms with E-state index in [9.17, 15) is 4.79 Å². The Labute approximate surface area is 143 Å². The Bertz CT molecular complexity index is 766. The molecule has 116 valence electrons. The highest BCUT2D eigenvalue weighted by atomic mass is 32.2. The Kier molecular flexibility index (Phi) is 5.10. The fourth-order valence-electron chi connectivity index (χ4n) is 2.04. The van der Waals surface area contributed by atoms with E-state index in [1.54, 1.807) is 17.5 Å². The summed E-state index contributed by atoms with van der Waals surface area (Å²) >= 11 is 3.14. The first kappa shape index (κ1) is 15.8. The number of nitrogens with one attached hydrogen (secondary N) is 1. The van der Waals surface area contributed by atoms with Gasteiger partial charge in [-0.3, -0.25) is 4.79 Å². The maximum Gasteiger partial charge on any atom is 0.234 e. The zero-order valence-electron chi connectivity index (χ0n) is 12.7. The number of hydrogen-bond donors (Lipinski definition) is 1. The molecular formula is C18H16N2OS2. The largest absolute Gasteiger partial charge is 0.325 e. The number of nitrogens with zero attached hydrogens (tertiary/aromatic N) is 1. The van der Waals surface area contributed by atoms with Gasteiger partial charge < -0.3 is 5.32 Å². The summed E-state index contributed by atoms with van der Waals surface area (Å²) in [4.78, 5) is 17.4. The van der Waals surface area contributed by atoms with Crippen LogP contribution in [0.2, 0.25) is 0 Å². The van der Waals surface area contributed by atoms with Gasteiger partial charge in [0.1, 0.15) is 5.01 Å². The zero-order valence-corrected chi connectivity index (χ0v) is 14.3. The molecule has 3 aromatic rings. The second-order valence-corrected chi connectivity index (χ2v) is 7.01. The Hall–Kier alpha value is -2.11. The van der Waals surface area contributed by atoms with Gasteiger partial charge in [0.2, 0.25) is 5.91 Å². The number of benzene rings is 2. The van der Waals surface area contributed by atoms with E-state index in [1.807, 2.05) is 41.8 Å². The van der Waals surface area contributed by atoms with E-state index in [4.69, 9.17) is 0 Å². The maximum absolute atomic E-state index is 12.0.